The van der Waals surface area contributed by atoms with Gasteiger partial charge in [-0.15, -0.1) is 0 Å². The third kappa shape index (κ3) is 19.9. The highest BCUT2D eigenvalue weighted by atomic mass is 16.6. The summed E-state index contributed by atoms with van der Waals surface area (Å²) in [5.41, 5.74) is 10.1. The highest BCUT2D eigenvalue weighted by Gasteiger charge is 2.44. The maximum absolute atomic E-state index is 13.7. The molecule has 10 aromatic carbocycles. The van der Waals surface area contributed by atoms with E-state index in [-0.39, 0.29) is 62.7 Å². The fourth-order valence-electron chi connectivity index (χ4n) is 18.4. The molecule has 4 aliphatic rings. The van der Waals surface area contributed by atoms with Crippen LogP contribution in [0.4, 0.5) is 0 Å². The number of ether oxygens (including phenoxy) is 13. The first-order valence-electron chi connectivity index (χ1n) is 43.6. The zero-order valence-electron chi connectivity index (χ0n) is 74.2. The fraction of sp³-hybridized carbons (Fsp3) is 0.396. The Bertz CT molecular complexity index is 5210. The fourth-order valence-corrected chi connectivity index (χ4v) is 18.4. The number of aryl methyl sites for hydroxylation is 2. The van der Waals surface area contributed by atoms with Crippen LogP contribution in [0, 0.1) is 0 Å². The van der Waals surface area contributed by atoms with E-state index in [0.717, 1.165) is 115 Å². The largest absolute Gasteiger partial charge is 0.497 e. The molecule has 0 radical (unpaired) electrons. The minimum Gasteiger partial charge on any atom is -0.497 e. The normalized spacial score (nSPS) is 16.3. The molecule has 0 spiro atoms. The van der Waals surface area contributed by atoms with Gasteiger partial charge in [0, 0.05) is 82.7 Å². The number of esters is 2. The van der Waals surface area contributed by atoms with Crippen LogP contribution in [0.5, 0.6) is 46.0 Å². The molecule has 0 N–H and O–H groups in total. The predicted octanol–water partition coefficient (Wildman–Crippen LogP) is 22.6. The Balaban J connectivity index is 0.499. The summed E-state index contributed by atoms with van der Waals surface area (Å²) in [5.74, 6) is 4.50. The number of carbonyl (C=O) groups is 4. The molecule has 0 saturated heterocycles. The van der Waals surface area contributed by atoms with E-state index in [2.05, 4.69) is 121 Å². The second-order valence-corrected chi connectivity index (χ2v) is 35.7. The van der Waals surface area contributed by atoms with Gasteiger partial charge in [0.15, 0.2) is 22.8 Å². The van der Waals surface area contributed by atoms with E-state index in [1.807, 2.05) is 154 Å². The summed E-state index contributed by atoms with van der Waals surface area (Å²) in [4.78, 5) is 53.5. The van der Waals surface area contributed by atoms with Crippen molar-refractivity contribution in [1.29, 1.82) is 0 Å². The van der Waals surface area contributed by atoms with Crippen LogP contribution in [-0.2, 0) is 79.7 Å². The lowest BCUT2D eigenvalue weighted by Gasteiger charge is -2.40. The van der Waals surface area contributed by atoms with Gasteiger partial charge in [-0.25, -0.2) is 0 Å². The molecule has 2 heterocycles. The second-order valence-electron chi connectivity index (χ2n) is 35.7. The van der Waals surface area contributed by atoms with Crippen molar-refractivity contribution in [3.8, 4) is 68.2 Å². The van der Waals surface area contributed by atoms with Crippen LogP contribution in [0.2, 0.25) is 0 Å². The quantitative estimate of drug-likeness (QED) is 0.0262. The number of carbonyl (C=O) groups excluding carboxylic acids is 4. The van der Waals surface area contributed by atoms with Gasteiger partial charge < -0.3 is 61.6 Å². The molecule has 17 nitrogen and oxygen atoms in total. The van der Waals surface area contributed by atoms with E-state index >= 15 is 0 Å². The molecular weight excluding hydrogens is 1550 g/mol. The van der Waals surface area contributed by atoms with E-state index in [9.17, 15) is 19.2 Å². The van der Waals surface area contributed by atoms with Crippen LogP contribution in [0.1, 0.15) is 204 Å². The van der Waals surface area contributed by atoms with Crippen molar-refractivity contribution in [3.05, 3.63) is 250 Å². The number of rotatable bonds is 38. The Kier molecular flexibility index (Phi) is 26.5. The van der Waals surface area contributed by atoms with Crippen molar-refractivity contribution < 1.29 is 80.8 Å². The average Bonchev–Trinajstić information content (AvgIpc) is 0.716. The van der Waals surface area contributed by atoms with Crippen molar-refractivity contribution in [2.75, 3.05) is 40.6 Å². The van der Waals surface area contributed by atoms with E-state index in [0.29, 0.717) is 50.4 Å². The lowest BCUT2D eigenvalue weighted by Crippen LogP contribution is -2.45. The van der Waals surface area contributed by atoms with E-state index < -0.39 is 57.8 Å². The Hall–Kier alpha value is -11.2. The second kappa shape index (κ2) is 37.1. The molecule has 4 atom stereocenters. The Morgan fingerprint density at radius 3 is 1.11 bits per heavy atom. The topological polar surface area (TPSA) is 188 Å². The van der Waals surface area contributed by atoms with Gasteiger partial charge in [-0.3, -0.25) is 19.2 Å². The number of Topliss-reactive ketones (excluding diaryl/α,β-unsaturated/α-hetero) is 2. The minimum absolute atomic E-state index is 0.0144. The molecule has 2 aliphatic heterocycles. The molecule has 0 fully saturated rings. The zero-order valence-corrected chi connectivity index (χ0v) is 74.2. The van der Waals surface area contributed by atoms with Gasteiger partial charge in [-0.2, -0.15) is 0 Å². The molecule has 123 heavy (non-hydrogen) atoms. The number of fused-ring (bicyclic) bond motifs is 16. The van der Waals surface area contributed by atoms with Gasteiger partial charge in [-0.05, 0) is 275 Å². The van der Waals surface area contributed by atoms with Crippen LogP contribution in [0.3, 0.4) is 0 Å². The number of benzene rings is 10. The van der Waals surface area contributed by atoms with E-state index in [4.69, 9.17) is 61.6 Å². The highest BCUT2D eigenvalue weighted by molar-refractivity contribution is 6.08. The summed E-state index contributed by atoms with van der Waals surface area (Å²) < 4.78 is 82.0. The monoisotopic (exact) mass is 1660 g/mol. The number of hydrogen-bond acceptors (Lipinski definition) is 17. The summed E-state index contributed by atoms with van der Waals surface area (Å²) in [7, 11) is 3.38. The lowest BCUT2D eigenvalue weighted by molar-refractivity contribution is -0.179. The van der Waals surface area contributed by atoms with Gasteiger partial charge in [0.25, 0.3) is 0 Å². The molecular formula is C106H118O17. The van der Waals surface area contributed by atoms with Crippen molar-refractivity contribution in [3.63, 3.8) is 0 Å². The molecule has 0 amide bonds. The third-order valence-electron chi connectivity index (χ3n) is 23.7. The van der Waals surface area contributed by atoms with Crippen molar-refractivity contribution >= 4 is 57.2 Å². The SMILES string of the molecule is COc1ccc2c3c(c4c(c2c1)OC(c1ccc(OCCCOC(=O)CCC(=O)C(C)(C)OC(C)CC(C)(C)OC(C)(C)CC(C)OC(C)(C)C(=O)CCC(=O)OCCCOc2ccc(C5(c6ccc(OC(C)C)cc6)C=Cc6c7c(c8ccc(OC)cc8c6O5)-c5ccccc5CC7)cc2)cc1)(c1ccc(OC(C)C)cc1)C=C4)CCc1ccccc1-3. The first-order chi connectivity index (χ1) is 58.8. The maximum atomic E-state index is 13.7. The standard InChI is InChI=1S/C106H118O17/c1-67(2)117-79-41-33-75(34-42-79)105(57-55-89-85-47-27-71-23-17-19-25-83(71)97(85)87-49-45-81(111-15)63-91(87)99(89)121-105)73-29-37-77(38-30-73)113-59-21-61-115-95(109)53-51-93(107)103(11,12)119-69(5)65-101(7,8)123-102(9,10)66-70(6)120-104(13,14)94(108)52-54-96(110)116-62-22-60-114-78-39-31-74(32-40-78)106(76-35-43-80(44-36-76)118-68(3)4)58-56-90-86-48-28-72-24-18-20-26-84(72)98(86)88-50-46-82(112-16)64-92(88)100(90)122-106/h17-20,23-26,29-46,49-50,55-58,63-64,67-70H,21-22,27-28,47-48,51-54,59-62,65-66H2,1-16H3. The number of hydrogen-bond donors (Lipinski definition) is 0. The summed E-state index contributed by atoms with van der Waals surface area (Å²) in [6.45, 7) is 27.5. The maximum Gasteiger partial charge on any atom is 0.306 e. The third-order valence-corrected chi connectivity index (χ3v) is 23.7. The molecule has 17 heteroatoms. The zero-order chi connectivity index (χ0) is 87.2. The molecule has 2 aliphatic carbocycles. The van der Waals surface area contributed by atoms with E-state index in [1.165, 1.54) is 44.5 Å². The molecule has 644 valence electrons. The van der Waals surface area contributed by atoms with Crippen LogP contribution in [-0.4, -0.2) is 111 Å². The van der Waals surface area contributed by atoms with Crippen molar-refractivity contribution in [2.45, 2.75) is 232 Å². The Morgan fingerprint density at radius 2 is 0.748 bits per heavy atom. The van der Waals surface area contributed by atoms with Gasteiger partial charge in [0.2, 0.25) is 0 Å². The first-order valence-corrected chi connectivity index (χ1v) is 43.6. The molecule has 0 saturated carbocycles. The predicted molar refractivity (Wildman–Crippen MR) is 483 cm³/mol. The molecule has 4 unspecified atom stereocenters. The number of ketones is 2. The average molecular weight is 1660 g/mol. The summed E-state index contributed by atoms with van der Waals surface area (Å²) in [5, 5.41) is 4.16. The van der Waals surface area contributed by atoms with Crippen LogP contribution >= 0.6 is 0 Å². The van der Waals surface area contributed by atoms with Crippen LogP contribution in [0.15, 0.2) is 194 Å². The van der Waals surface area contributed by atoms with Gasteiger partial charge in [-0.1, -0.05) is 109 Å². The summed E-state index contributed by atoms with van der Waals surface area (Å²) in [6, 6.07) is 62.0. The van der Waals surface area contributed by atoms with Crippen molar-refractivity contribution in [1.82, 2.24) is 0 Å². The number of methoxy groups -OCH3 is 2. The van der Waals surface area contributed by atoms with E-state index in [1.54, 1.807) is 41.9 Å². The van der Waals surface area contributed by atoms with Crippen LogP contribution in [0.25, 0.3) is 56.0 Å². The van der Waals surface area contributed by atoms with Crippen LogP contribution < -0.4 is 37.9 Å². The first kappa shape index (κ1) is 88.1. The molecule has 0 bridgehead atoms. The van der Waals surface area contributed by atoms with Crippen molar-refractivity contribution in [2.24, 2.45) is 0 Å². The summed E-state index contributed by atoms with van der Waals surface area (Å²) in [6.07, 6.45) is 13.1. The Labute approximate surface area is 724 Å². The molecule has 10 aromatic rings. The van der Waals surface area contributed by atoms with Gasteiger partial charge in [0.1, 0.15) is 57.2 Å². The smallest absolute Gasteiger partial charge is 0.306 e. The van der Waals surface area contributed by atoms with Gasteiger partial charge in [0.05, 0.1) is 89.1 Å². The minimum atomic E-state index is -1.20. The lowest BCUT2D eigenvalue weighted by atomic mass is 9.77. The molecule has 14 rings (SSSR count). The Morgan fingerprint density at radius 1 is 0.398 bits per heavy atom. The van der Waals surface area contributed by atoms with Gasteiger partial charge >= 0.3 is 11.9 Å². The molecule has 0 aromatic heterocycles. The highest BCUT2D eigenvalue weighted by Crippen LogP contribution is 2.55. The summed E-state index contributed by atoms with van der Waals surface area (Å²) >= 11 is 0.